The van der Waals surface area contributed by atoms with Crippen LogP contribution in [0.4, 0.5) is 26.3 Å². The number of aromatic nitrogens is 3. The van der Waals surface area contributed by atoms with Crippen LogP contribution in [0.2, 0.25) is 0 Å². The lowest BCUT2D eigenvalue weighted by molar-refractivity contribution is -0.154. The van der Waals surface area contributed by atoms with Gasteiger partial charge in [-0.2, -0.15) is 31.4 Å². The zero-order valence-electron chi connectivity index (χ0n) is 11.8. The van der Waals surface area contributed by atoms with E-state index in [1.165, 1.54) is 0 Å². The smallest absolute Gasteiger partial charge is 0.435 e. The molecule has 2 heterocycles. The zero-order chi connectivity index (χ0) is 18.1. The van der Waals surface area contributed by atoms with Gasteiger partial charge in [0, 0.05) is 7.05 Å². The van der Waals surface area contributed by atoms with Crippen molar-refractivity contribution in [2.75, 3.05) is 6.61 Å². The third-order valence-electron chi connectivity index (χ3n) is 2.61. The number of ether oxygens (including phenoxy) is 1. The highest BCUT2D eigenvalue weighted by Crippen LogP contribution is 2.37. The van der Waals surface area contributed by atoms with Gasteiger partial charge in [-0.15, -0.1) is 0 Å². The Morgan fingerprint density at radius 3 is 2.46 bits per heavy atom. The van der Waals surface area contributed by atoms with E-state index >= 15 is 0 Å². The first-order valence-electron chi connectivity index (χ1n) is 6.09. The topological polar surface area (TPSA) is 70.2 Å². The van der Waals surface area contributed by atoms with Crippen LogP contribution < -0.4 is 4.74 Å². The van der Waals surface area contributed by atoms with Crippen molar-refractivity contribution in [1.29, 1.82) is 0 Å². The first-order valence-corrected chi connectivity index (χ1v) is 7.41. The van der Waals surface area contributed by atoms with Gasteiger partial charge in [0.15, 0.2) is 12.3 Å². The first kappa shape index (κ1) is 18.3. The number of rotatable bonds is 5. The van der Waals surface area contributed by atoms with Crippen LogP contribution in [0.25, 0.3) is 0 Å². The summed E-state index contributed by atoms with van der Waals surface area (Å²) in [5, 5.41) is 2.76. The molecule has 0 aliphatic carbocycles. The fourth-order valence-corrected chi connectivity index (χ4v) is 2.74. The Balaban J connectivity index is 2.39. The highest BCUT2D eigenvalue weighted by atomic mass is 32.2. The summed E-state index contributed by atoms with van der Waals surface area (Å²) in [6.07, 6.45) is -7.54. The summed E-state index contributed by atoms with van der Waals surface area (Å²) in [6, 6.07) is 0. The number of hydrogen-bond donors (Lipinski definition) is 0. The molecule has 0 fully saturated rings. The molecule has 1 unspecified atom stereocenters. The molecule has 0 N–H and O–H groups in total. The molecule has 0 aliphatic heterocycles. The van der Waals surface area contributed by atoms with E-state index in [1.54, 1.807) is 0 Å². The third kappa shape index (κ3) is 4.27. The molecule has 0 saturated heterocycles. The minimum Gasteiger partial charge on any atom is -0.468 e. The van der Waals surface area contributed by atoms with Crippen molar-refractivity contribution in [3.8, 4) is 5.88 Å². The number of hydrogen-bond acceptors (Lipinski definition) is 5. The molecule has 1 atom stereocenters. The van der Waals surface area contributed by atoms with Crippen molar-refractivity contribution in [2.24, 2.45) is 7.05 Å². The molecule has 0 amide bonds. The minimum atomic E-state index is -4.96. The summed E-state index contributed by atoms with van der Waals surface area (Å²) in [4.78, 5) is 3.53. The molecule has 0 aromatic carbocycles. The number of alkyl halides is 6. The molecule has 0 spiro atoms. The average Bonchev–Trinajstić information content (AvgIpc) is 3.04. The van der Waals surface area contributed by atoms with Gasteiger partial charge in [0.2, 0.25) is 5.88 Å². The molecule has 13 heteroatoms. The van der Waals surface area contributed by atoms with Crippen LogP contribution in [0.3, 0.4) is 0 Å². The van der Waals surface area contributed by atoms with E-state index in [0.717, 1.165) is 19.5 Å². The van der Waals surface area contributed by atoms with E-state index < -0.39 is 52.6 Å². The normalized spacial score (nSPS) is 14.0. The summed E-state index contributed by atoms with van der Waals surface area (Å²) in [5.74, 6) is -1.60. The van der Waals surface area contributed by atoms with Crippen LogP contribution in [0.1, 0.15) is 11.3 Å². The molecule has 0 radical (unpaired) electrons. The summed E-state index contributed by atoms with van der Waals surface area (Å²) in [6.45, 7) is -1.82. The summed E-state index contributed by atoms with van der Waals surface area (Å²) in [5.41, 5.74) is -2.26. The second-order valence-corrected chi connectivity index (χ2v) is 5.77. The van der Waals surface area contributed by atoms with Gasteiger partial charge < -0.3 is 9.15 Å². The molecule has 0 saturated carbocycles. The van der Waals surface area contributed by atoms with Crippen LogP contribution in [0.15, 0.2) is 22.1 Å². The number of oxazole rings is 1. The quantitative estimate of drug-likeness (QED) is 0.750. The van der Waals surface area contributed by atoms with Crippen LogP contribution in [-0.4, -0.2) is 31.8 Å². The van der Waals surface area contributed by atoms with Gasteiger partial charge in [-0.1, -0.05) is 0 Å². The Bertz CT molecular complexity index is 723. The number of nitrogens with zero attached hydrogens (tertiary/aromatic N) is 3. The lowest BCUT2D eigenvalue weighted by atomic mass is 10.2. The Morgan fingerprint density at radius 1 is 1.29 bits per heavy atom. The summed E-state index contributed by atoms with van der Waals surface area (Å²) >= 11 is 0. The van der Waals surface area contributed by atoms with E-state index in [4.69, 9.17) is 4.42 Å². The second-order valence-electron chi connectivity index (χ2n) is 4.45. The van der Waals surface area contributed by atoms with Crippen LogP contribution in [0.5, 0.6) is 5.88 Å². The molecular weight excluding hydrogens is 368 g/mol. The monoisotopic (exact) mass is 377 g/mol. The van der Waals surface area contributed by atoms with Crippen molar-refractivity contribution in [3.63, 3.8) is 0 Å². The number of aryl methyl sites for hydroxylation is 1. The molecule has 2 aromatic rings. The van der Waals surface area contributed by atoms with Gasteiger partial charge in [0.25, 0.3) is 5.22 Å². The van der Waals surface area contributed by atoms with Crippen LogP contribution in [0, 0.1) is 0 Å². The fourth-order valence-electron chi connectivity index (χ4n) is 1.76. The number of halogens is 6. The minimum absolute atomic E-state index is 0.367. The maximum absolute atomic E-state index is 13.0. The molecule has 134 valence electrons. The maximum atomic E-state index is 13.0. The van der Waals surface area contributed by atoms with Crippen molar-refractivity contribution in [2.45, 2.75) is 23.3 Å². The molecule has 2 rings (SSSR count). The maximum Gasteiger partial charge on any atom is 0.435 e. The molecule has 0 bridgehead atoms. The molecule has 2 aromatic heterocycles. The largest absolute Gasteiger partial charge is 0.468 e. The predicted octanol–water partition coefficient (Wildman–Crippen LogP) is 2.68. The van der Waals surface area contributed by atoms with Gasteiger partial charge in [0.05, 0.1) is 17.5 Å². The SMILES string of the molecule is Cn1nc(C(F)(F)F)c(CS(=O)c2ncco2)c1OCC(F)(F)F. The van der Waals surface area contributed by atoms with Gasteiger partial charge in [0.1, 0.15) is 17.1 Å². The highest BCUT2D eigenvalue weighted by Gasteiger charge is 2.41. The van der Waals surface area contributed by atoms with E-state index in [1.807, 2.05) is 0 Å². The second kappa shape index (κ2) is 6.45. The Hall–Kier alpha value is -2.05. The average molecular weight is 377 g/mol. The summed E-state index contributed by atoms with van der Waals surface area (Å²) < 4.78 is 97.5. The Labute approximate surface area is 132 Å². The zero-order valence-corrected chi connectivity index (χ0v) is 12.6. The Morgan fingerprint density at radius 2 is 1.96 bits per heavy atom. The van der Waals surface area contributed by atoms with E-state index in [-0.39, 0.29) is 5.22 Å². The Kier molecular flexibility index (Phi) is 4.92. The molecule has 24 heavy (non-hydrogen) atoms. The first-order chi connectivity index (χ1) is 11.0. The van der Waals surface area contributed by atoms with Crippen molar-refractivity contribution < 1.29 is 39.7 Å². The van der Waals surface area contributed by atoms with Gasteiger partial charge in [-0.3, -0.25) is 0 Å². The van der Waals surface area contributed by atoms with Crippen molar-refractivity contribution >= 4 is 10.8 Å². The van der Waals surface area contributed by atoms with Crippen LogP contribution >= 0.6 is 0 Å². The standard InChI is InChI=1S/C11H9F6N3O3S/c1-20-8(23-5-10(12,13)14)6(7(19-20)11(15,16)17)4-24(21)9-18-2-3-22-9/h2-3H,4-5H2,1H3. The van der Waals surface area contributed by atoms with E-state index in [9.17, 15) is 30.6 Å². The molecule has 6 nitrogen and oxygen atoms in total. The van der Waals surface area contributed by atoms with Gasteiger partial charge in [-0.25, -0.2) is 13.9 Å². The van der Waals surface area contributed by atoms with Crippen LogP contribution in [-0.2, 0) is 29.8 Å². The van der Waals surface area contributed by atoms with Crippen molar-refractivity contribution in [1.82, 2.24) is 14.8 Å². The van der Waals surface area contributed by atoms with E-state index in [2.05, 4.69) is 14.8 Å². The molecular formula is C11H9F6N3O3S. The lowest BCUT2D eigenvalue weighted by Gasteiger charge is -2.11. The van der Waals surface area contributed by atoms with Crippen molar-refractivity contribution in [3.05, 3.63) is 23.7 Å². The highest BCUT2D eigenvalue weighted by molar-refractivity contribution is 7.84. The lowest BCUT2D eigenvalue weighted by Crippen LogP contribution is -2.21. The van der Waals surface area contributed by atoms with Gasteiger partial charge >= 0.3 is 12.4 Å². The fraction of sp³-hybridized carbons (Fsp3) is 0.455. The van der Waals surface area contributed by atoms with E-state index in [0.29, 0.717) is 4.68 Å². The summed E-state index contributed by atoms with van der Waals surface area (Å²) in [7, 11) is -1.18. The third-order valence-corrected chi connectivity index (χ3v) is 3.75. The van der Waals surface area contributed by atoms with Gasteiger partial charge in [-0.05, 0) is 0 Å². The predicted molar refractivity (Wildman–Crippen MR) is 66.4 cm³/mol. The molecule has 0 aliphatic rings.